The molecule has 98 valence electrons. The van der Waals surface area contributed by atoms with E-state index in [0.29, 0.717) is 11.3 Å². The Bertz CT molecular complexity index is 805. The maximum atomic E-state index is 12.5. The molecule has 0 atom stereocenters. The molecule has 2 aromatic carbocycles. The van der Waals surface area contributed by atoms with Crippen LogP contribution in [0.25, 0.3) is 10.9 Å². The van der Waals surface area contributed by atoms with Crippen LogP contribution in [0.15, 0.2) is 54.6 Å². The molecule has 3 aromatic rings. The summed E-state index contributed by atoms with van der Waals surface area (Å²) < 4.78 is 0. The first-order valence-corrected chi connectivity index (χ1v) is 6.63. The van der Waals surface area contributed by atoms with E-state index in [1.165, 1.54) is 5.56 Å². The molecule has 0 amide bonds. The van der Waals surface area contributed by atoms with Gasteiger partial charge < -0.3 is 0 Å². The lowest BCUT2D eigenvalue weighted by Crippen LogP contribution is -2.04. The molecule has 0 fully saturated rings. The molecule has 0 aliphatic heterocycles. The normalized spacial score (nSPS) is 10.7. The van der Waals surface area contributed by atoms with E-state index in [-0.39, 0.29) is 5.78 Å². The number of carbonyl (C=O) groups excluding carboxylic acids is 1. The molecule has 2 heteroatoms. The summed E-state index contributed by atoms with van der Waals surface area (Å²) in [5.41, 5.74) is 4.34. The van der Waals surface area contributed by atoms with E-state index in [0.717, 1.165) is 16.5 Å². The van der Waals surface area contributed by atoms with E-state index in [9.17, 15) is 4.79 Å². The monoisotopic (exact) mass is 261 g/mol. The van der Waals surface area contributed by atoms with Gasteiger partial charge in [0, 0.05) is 10.9 Å². The maximum Gasteiger partial charge on any atom is 0.211 e. The fourth-order valence-electron chi connectivity index (χ4n) is 2.22. The molecule has 2 nitrogen and oxygen atoms in total. The van der Waals surface area contributed by atoms with Crippen molar-refractivity contribution in [2.24, 2.45) is 0 Å². The van der Waals surface area contributed by atoms with Crippen LogP contribution in [0.4, 0.5) is 0 Å². The Labute approximate surface area is 118 Å². The second kappa shape index (κ2) is 4.89. The number of aromatic nitrogens is 1. The van der Waals surface area contributed by atoms with E-state index in [1.54, 1.807) is 6.07 Å². The fraction of sp³-hybridized carbons (Fsp3) is 0.111. The second-order valence-corrected chi connectivity index (χ2v) is 5.02. The van der Waals surface area contributed by atoms with Crippen molar-refractivity contribution in [2.75, 3.05) is 0 Å². The van der Waals surface area contributed by atoms with Gasteiger partial charge in [0.05, 0.1) is 5.52 Å². The first-order valence-electron chi connectivity index (χ1n) is 6.63. The molecule has 0 unspecified atom stereocenters. The molecule has 0 bridgehead atoms. The van der Waals surface area contributed by atoms with Crippen molar-refractivity contribution in [3.05, 3.63) is 77.0 Å². The van der Waals surface area contributed by atoms with Gasteiger partial charge in [-0.15, -0.1) is 0 Å². The molecule has 0 N–H and O–H groups in total. The van der Waals surface area contributed by atoms with Crippen molar-refractivity contribution in [2.45, 2.75) is 13.8 Å². The average molecular weight is 261 g/mol. The number of nitrogens with zero attached hydrogens (tertiary/aromatic N) is 1. The van der Waals surface area contributed by atoms with Crippen LogP contribution in [0.2, 0.25) is 0 Å². The minimum absolute atomic E-state index is 0.0288. The standard InChI is InChI=1S/C18H15NO/c1-12-7-8-15(11-13(12)2)18(20)17-10-9-14-5-3-4-6-16(14)19-17/h3-11H,1-2H3. The zero-order chi connectivity index (χ0) is 14.1. The van der Waals surface area contributed by atoms with Gasteiger partial charge in [0.2, 0.25) is 5.78 Å². The topological polar surface area (TPSA) is 30.0 Å². The molecule has 20 heavy (non-hydrogen) atoms. The Morgan fingerprint density at radius 3 is 2.50 bits per heavy atom. The van der Waals surface area contributed by atoms with Crippen molar-refractivity contribution in [1.82, 2.24) is 4.98 Å². The van der Waals surface area contributed by atoms with Gasteiger partial charge >= 0.3 is 0 Å². The lowest BCUT2D eigenvalue weighted by Gasteiger charge is -2.05. The summed E-state index contributed by atoms with van der Waals surface area (Å²) in [5, 5.41) is 1.05. The van der Waals surface area contributed by atoms with Crippen LogP contribution in [0.3, 0.4) is 0 Å². The Balaban J connectivity index is 2.05. The smallest absolute Gasteiger partial charge is 0.211 e. The van der Waals surface area contributed by atoms with E-state index in [2.05, 4.69) is 4.98 Å². The zero-order valence-electron chi connectivity index (χ0n) is 11.6. The number of fused-ring (bicyclic) bond motifs is 1. The summed E-state index contributed by atoms with van der Waals surface area (Å²) in [4.78, 5) is 16.9. The van der Waals surface area contributed by atoms with Crippen molar-refractivity contribution < 1.29 is 4.79 Å². The first kappa shape index (κ1) is 12.5. The van der Waals surface area contributed by atoms with Gasteiger partial charge in [0.15, 0.2) is 0 Å². The third kappa shape index (κ3) is 2.21. The SMILES string of the molecule is Cc1ccc(C(=O)c2ccc3ccccc3n2)cc1C. The van der Waals surface area contributed by atoms with Crippen LogP contribution >= 0.6 is 0 Å². The Morgan fingerprint density at radius 2 is 1.70 bits per heavy atom. The third-order valence-corrected chi connectivity index (χ3v) is 3.60. The number of hydrogen-bond acceptors (Lipinski definition) is 2. The van der Waals surface area contributed by atoms with E-state index in [4.69, 9.17) is 0 Å². The number of para-hydroxylation sites is 1. The lowest BCUT2D eigenvalue weighted by molar-refractivity contribution is 0.103. The number of benzene rings is 2. The minimum Gasteiger partial charge on any atom is -0.287 e. The molecule has 3 rings (SSSR count). The number of ketones is 1. The molecule has 0 saturated heterocycles. The first-order chi connectivity index (χ1) is 9.65. The van der Waals surface area contributed by atoms with Crippen LogP contribution in [-0.2, 0) is 0 Å². The van der Waals surface area contributed by atoms with Crippen LogP contribution in [0.1, 0.15) is 27.2 Å². The van der Waals surface area contributed by atoms with Crippen LogP contribution < -0.4 is 0 Å². The maximum absolute atomic E-state index is 12.5. The summed E-state index contributed by atoms with van der Waals surface area (Å²) >= 11 is 0. The molecule has 1 aromatic heterocycles. The third-order valence-electron chi connectivity index (χ3n) is 3.60. The minimum atomic E-state index is -0.0288. The van der Waals surface area contributed by atoms with E-state index >= 15 is 0 Å². The summed E-state index contributed by atoms with van der Waals surface area (Å²) in [6.45, 7) is 4.05. The number of hydrogen-bond donors (Lipinski definition) is 0. The highest BCUT2D eigenvalue weighted by Gasteiger charge is 2.11. The van der Waals surface area contributed by atoms with Gasteiger partial charge in [-0.2, -0.15) is 0 Å². The van der Waals surface area contributed by atoms with Crippen LogP contribution in [-0.4, -0.2) is 10.8 Å². The summed E-state index contributed by atoms with van der Waals surface area (Å²) in [5.74, 6) is -0.0288. The molecule has 0 aliphatic carbocycles. The van der Waals surface area contributed by atoms with Gasteiger partial charge in [-0.1, -0.05) is 36.4 Å². The van der Waals surface area contributed by atoms with Crippen LogP contribution in [0.5, 0.6) is 0 Å². The average Bonchev–Trinajstić information content (AvgIpc) is 2.49. The van der Waals surface area contributed by atoms with Gasteiger partial charge in [0.25, 0.3) is 0 Å². The highest BCUT2D eigenvalue weighted by Crippen LogP contribution is 2.16. The van der Waals surface area contributed by atoms with Crippen molar-refractivity contribution >= 4 is 16.7 Å². The van der Waals surface area contributed by atoms with Crippen molar-refractivity contribution in [1.29, 1.82) is 0 Å². The van der Waals surface area contributed by atoms with Gasteiger partial charge in [-0.3, -0.25) is 4.79 Å². The van der Waals surface area contributed by atoms with Gasteiger partial charge in [0.1, 0.15) is 5.69 Å². The predicted octanol–water partition coefficient (Wildman–Crippen LogP) is 4.08. The zero-order valence-corrected chi connectivity index (χ0v) is 11.6. The van der Waals surface area contributed by atoms with Gasteiger partial charge in [-0.05, 0) is 43.2 Å². The largest absolute Gasteiger partial charge is 0.287 e. The second-order valence-electron chi connectivity index (χ2n) is 5.02. The number of aryl methyl sites for hydroxylation is 2. The van der Waals surface area contributed by atoms with E-state index in [1.807, 2.05) is 62.4 Å². The van der Waals surface area contributed by atoms with Crippen molar-refractivity contribution in [3.63, 3.8) is 0 Å². The molecule has 0 aliphatic rings. The Kier molecular flexibility index (Phi) is 3.07. The predicted molar refractivity (Wildman–Crippen MR) is 81.1 cm³/mol. The number of pyridine rings is 1. The van der Waals surface area contributed by atoms with Gasteiger partial charge in [-0.25, -0.2) is 4.98 Å². The highest BCUT2D eigenvalue weighted by molar-refractivity contribution is 6.08. The molecule has 1 heterocycles. The van der Waals surface area contributed by atoms with Crippen LogP contribution in [0, 0.1) is 13.8 Å². The number of rotatable bonds is 2. The lowest BCUT2D eigenvalue weighted by atomic mass is 10.0. The highest BCUT2D eigenvalue weighted by atomic mass is 16.1. The quantitative estimate of drug-likeness (QED) is 0.650. The summed E-state index contributed by atoms with van der Waals surface area (Å²) in [6, 6.07) is 17.3. The molecular formula is C18H15NO. The molecule has 0 spiro atoms. The van der Waals surface area contributed by atoms with Crippen molar-refractivity contribution in [3.8, 4) is 0 Å². The molecule has 0 saturated carbocycles. The molecular weight excluding hydrogens is 246 g/mol. The summed E-state index contributed by atoms with van der Waals surface area (Å²) in [6.07, 6.45) is 0. The Hall–Kier alpha value is -2.48. The fourth-order valence-corrected chi connectivity index (χ4v) is 2.22. The summed E-state index contributed by atoms with van der Waals surface area (Å²) in [7, 11) is 0. The molecule has 0 radical (unpaired) electrons. The van der Waals surface area contributed by atoms with E-state index < -0.39 is 0 Å². The Morgan fingerprint density at radius 1 is 0.900 bits per heavy atom. The number of carbonyl (C=O) groups is 1.